The Labute approximate surface area is 100 Å². The molecule has 0 saturated carbocycles. The molecule has 1 heterocycles. The van der Waals surface area contributed by atoms with Crippen LogP contribution in [-0.4, -0.2) is 5.91 Å². The van der Waals surface area contributed by atoms with Crippen LogP contribution >= 0.6 is 0 Å². The SMILES string of the molecule is CC(C)c1ccc(-c2ccc(C(N)=O)o2)cc1. The van der Waals surface area contributed by atoms with Crippen molar-refractivity contribution >= 4 is 5.91 Å². The van der Waals surface area contributed by atoms with E-state index in [-0.39, 0.29) is 5.76 Å². The Morgan fingerprint density at radius 3 is 2.24 bits per heavy atom. The number of primary amides is 1. The van der Waals surface area contributed by atoms with Gasteiger partial charge in [0.1, 0.15) is 5.76 Å². The molecule has 0 aliphatic rings. The Morgan fingerprint density at radius 2 is 1.76 bits per heavy atom. The Balaban J connectivity index is 2.30. The van der Waals surface area contributed by atoms with E-state index in [1.807, 2.05) is 12.1 Å². The van der Waals surface area contributed by atoms with Crippen molar-refractivity contribution in [1.29, 1.82) is 0 Å². The molecule has 3 heteroatoms. The molecule has 0 saturated heterocycles. The molecule has 1 aromatic heterocycles. The van der Waals surface area contributed by atoms with Crippen molar-refractivity contribution in [1.82, 2.24) is 0 Å². The number of rotatable bonds is 3. The third kappa shape index (κ3) is 2.38. The predicted octanol–water partition coefficient (Wildman–Crippen LogP) is 3.17. The van der Waals surface area contributed by atoms with Crippen LogP contribution in [0.1, 0.15) is 35.9 Å². The van der Waals surface area contributed by atoms with Gasteiger partial charge in [-0.3, -0.25) is 4.79 Å². The zero-order valence-corrected chi connectivity index (χ0v) is 9.94. The summed E-state index contributed by atoms with van der Waals surface area (Å²) in [6.45, 7) is 4.29. The number of hydrogen-bond donors (Lipinski definition) is 1. The summed E-state index contributed by atoms with van der Waals surface area (Å²) < 4.78 is 5.36. The van der Waals surface area contributed by atoms with Gasteiger partial charge in [-0.15, -0.1) is 0 Å². The van der Waals surface area contributed by atoms with Crippen molar-refractivity contribution in [2.24, 2.45) is 5.73 Å². The minimum atomic E-state index is -0.546. The van der Waals surface area contributed by atoms with E-state index < -0.39 is 5.91 Å². The zero-order chi connectivity index (χ0) is 12.4. The second-order valence-corrected chi connectivity index (χ2v) is 4.30. The van der Waals surface area contributed by atoms with Crippen molar-refractivity contribution in [3.63, 3.8) is 0 Å². The quantitative estimate of drug-likeness (QED) is 0.878. The van der Waals surface area contributed by atoms with E-state index in [1.54, 1.807) is 12.1 Å². The molecule has 88 valence electrons. The summed E-state index contributed by atoms with van der Waals surface area (Å²) in [6, 6.07) is 11.4. The second-order valence-electron chi connectivity index (χ2n) is 4.30. The molecule has 0 spiro atoms. The lowest BCUT2D eigenvalue weighted by Gasteiger charge is -2.05. The highest BCUT2D eigenvalue weighted by Crippen LogP contribution is 2.24. The molecule has 0 bridgehead atoms. The van der Waals surface area contributed by atoms with Gasteiger partial charge in [-0.2, -0.15) is 0 Å². The van der Waals surface area contributed by atoms with E-state index in [1.165, 1.54) is 5.56 Å². The third-order valence-corrected chi connectivity index (χ3v) is 2.71. The number of carbonyl (C=O) groups is 1. The number of carbonyl (C=O) groups excluding carboxylic acids is 1. The minimum absolute atomic E-state index is 0.188. The summed E-state index contributed by atoms with van der Waals surface area (Å²) in [6.07, 6.45) is 0. The van der Waals surface area contributed by atoms with Gasteiger partial charge in [0, 0.05) is 5.56 Å². The highest BCUT2D eigenvalue weighted by atomic mass is 16.3. The summed E-state index contributed by atoms with van der Waals surface area (Å²) in [5.74, 6) is 0.805. The van der Waals surface area contributed by atoms with Crippen molar-refractivity contribution < 1.29 is 9.21 Å². The van der Waals surface area contributed by atoms with Gasteiger partial charge in [0.05, 0.1) is 0 Å². The van der Waals surface area contributed by atoms with E-state index in [0.29, 0.717) is 11.7 Å². The van der Waals surface area contributed by atoms with E-state index >= 15 is 0 Å². The summed E-state index contributed by atoms with van der Waals surface area (Å²) in [7, 11) is 0. The Bertz CT molecular complexity index is 523. The fourth-order valence-corrected chi connectivity index (χ4v) is 1.66. The zero-order valence-electron chi connectivity index (χ0n) is 9.94. The van der Waals surface area contributed by atoms with Crippen LogP contribution in [0, 0.1) is 0 Å². The van der Waals surface area contributed by atoms with Crippen molar-refractivity contribution in [3.05, 3.63) is 47.7 Å². The molecule has 2 aromatic rings. The van der Waals surface area contributed by atoms with Crippen LogP contribution in [0.2, 0.25) is 0 Å². The number of hydrogen-bond acceptors (Lipinski definition) is 2. The maximum absolute atomic E-state index is 10.9. The molecule has 0 atom stereocenters. The average molecular weight is 229 g/mol. The van der Waals surface area contributed by atoms with Gasteiger partial charge in [0.2, 0.25) is 0 Å². The van der Waals surface area contributed by atoms with Crippen LogP contribution in [0.15, 0.2) is 40.8 Å². The van der Waals surface area contributed by atoms with Gasteiger partial charge in [0.15, 0.2) is 5.76 Å². The lowest BCUT2D eigenvalue weighted by molar-refractivity contribution is 0.0974. The Kier molecular flexibility index (Phi) is 3.00. The molecule has 2 rings (SSSR count). The van der Waals surface area contributed by atoms with Crippen molar-refractivity contribution in [3.8, 4) is 11.3 Å². The fraction of sp³-hybridized carbons (Fsp3) is 0.214. The van der Waals surface area contributed by atoms with Gasteiger partial charge in [-0.1, -0.05) is 38.1 Å². The fourth-order valence-electron chi connectivity index (χ4n) is 1.66. The molecule has 1 aromatic carbocycles. The van der Waals surface area contributed by atoms with Gasteiger partial charge in [0.25, 0.3) is 5.91 Å². The molecule has 0 aliphatic carbocycles. The van der Waals surface area contributed by atoms with Gasteiger partial charge >= 0.3 is 0 Å². The first kappa shape index (κ1) is 11.5. The Hall–Kier alpha value is -2.03. The molecular formula is C14H15NO2. The minimum Gasteiger partial charge on any atom is -0.451 e. The number of amides is 1. The molecule has 17 heavy (non-hydrogen) atoms. The van der Waals surface area contributed by atoms with E-state index in [2.05, 4.69) is 26.0 Å². The first-order valence-electron chi connectivity index (χ1n) is 5.58. The summed E-state index contributed by atoms with van der Waals surface area (Å²) in [4.78, 5) is 10.9. The van der Waals surface area contributed by atoms with Gasteiger partial charge in [-0.25, -0.2) is 0 Å². The summed E-state index contributed by atoms with van der Waals surface area (Å²) >= 11 is 0. The van der Waals surface area contributed by atoms with Crippen LogP contribution in [0.5, 0.6) is 0 Å². The summed E-state index contributed by atoms with van der Waals surface area (Å²) in [5, 5.41) is 0. The standard InChI is InChI=1S/C14H15NO2/c1-9(2)10-3-5-11(6-4-10)12-7-8-13(17-12)14(15)16/h3-9H,1-2H3,(H2,15,16). The molecular weight excluding hydrogens is 214 g/mol. The highest BCUT2D eigenvalue weighted by Gasteiger charge is 2.08. The predicted molar refractivity (Wildman–Crippen MR) is 66.8 cm³/mol. The first-order chi connectivity index (χ1) is 8.08. The second kappa shape index (κ2) is 4.45. The largest absolute Gasteiger partial charge is 0.451 e. The van der Waals surface area contributed by atoms with Crippen LogP contribution in [0.25, 0.3) is 11.3 Å². The topological polar surface area (TPSA) is 56.2 Å². The maximum Gasteiger partial charge on any atom is 0.284 e. The molecule has 0 aliphatic heterocycles. The monoisotopic (exact) mass is 229 g/mol. The number of nitrogens with two attached hydrogens (primary N) is 1. The normalized spacial score (nSPS) is 10.8. The third-order valence-electron chi connectivity index (χ3n) is 2.71. The van der Waals surface area contributed by atoms with Crippen LogP contribution < -0.4 is 5.73 Å². The van der Waals surface area contributed by atoms with Crippen LogP contribution in [0.3, 0.4) is 0 Å². The van der Waals surface area contributed by atoms with Crippen molar-refractivity contribution in [2.75, 3.05) is 0 Å². The van der Waals surface area contributed by atoms with Crippen LogP contribution in [0.4, 0.5) is 0 Å². The lowest BCUT2D eigenvalue weighted by atomic mass is 10.0. The Morgan fingerprint density at radius 1 is 1.12 bits per heavy atom. The van der Waals surface area contributed by atoms with E-state index in [0.717, 1.165) is 5.56 Å². The highest BCUT2D eigenvalue weighted by molar-refractivity contribution is 5.90. The number of furan rings is 1. The summed E-state index contributed by atoms with van der Waals surface area (Å²) in [5.41, 5.74) is 7.36. The van der Waals surface area contributed by atoms with E-state index in [9.17, 15) is 4.79 Å². The molecule has 2 N–H and O–H groups in total. The molecule has 3 nitrogen and oxygen atoms in total. The number of benzene rings is 1. The average Bonchev–Trinajstić information content (AvgIpc) is 2.78. The van der Waals surface area contributed by atoms with Gasteiger partial charge < -0.3 is 10.2 Å². The maximum atomic E-state index is 10.9. The molecule has 1 amide bonds. The lowest BCUT2D eigenvalue weighted by Crippen LogP contribution is -2.09. The van der Waals surface area contributed by atoms with Crippen LogP contribution in [-0.2, 0) is 0 Å². The molecule has 0 fully saturated rings. The first-order valence-corrected chi connectivity index (χ1v) is 5.58. The van der Waals surface area contributed by atoms with E-state index in [4.69, 9.17) is 10.2 Å². The van der Waals surface area contributed by atoms with Crippen molar-refractivity contribution in [2.45, 2.75) is 19.8 Å². The van der Waals surface area contributed by atoms with Gasteiger partial charge in [-0.05, 0) is 23.6 Å². The smallest absolute Gasteiger partial charge is 0.284 e. The molecule has 0 unspecified atom stereocenters. The molecule has 0 radical (unpaired) electrons.